The van der Waals surface area contributed by atoms with E-state index in [1.165, 1.54) is 0 Å². The summed E-state index contributed by atoms with van der Waals surface area (Å²) in [5.41, 5.74) is 0.0433. The summed E-state index contributed by atoms with van der Waals surface area (Å²) in [5.74, 6) is 1.06. The molecule has 0 atom stereocenters. The molecule has 0 radical (unpaired) electrons. The van der Waals surface area contributed by atoms with Crippen molar-refractivity contribution in [3.63, 3.8) is 0 Å². The van der Waals surface area contributed by atoms with Crippen LogP contribution >= 0.6 is 0 Å². The molecule has 1 fully saturated rings. The summed E-state index contributed by atoms with van der Waals surface area (Å²) >= 11 is 0. The normalized spacial score (nSPS) is 26.0. The van der Waals surface area contributed by atoms with Crippen LogP contribution in [0.15, 0.2) is 4.99 Å². The lowest BCUT2D eigenvalue weighted by molar-refractivity contribution is -0.0842. The van der Waals surface area contributed by atoms with E-state index in [0.29, 0.717) is 0 Å². The summed E-state index contributed by atoms with van der Waals surface area (Å²) in [5, 5.41) is 3.30. The molecule has 2 aliphatic rings. The van der Waals surface area contributed by atoms with E-state index in [1.54, 1.807) is 7.11 Å². The number of nitrogens with zero attached hydrogens (tertiary/aromatic N) is 2. The summed E-state index contributed by atoms with van der Waals surface area (Å²) in [6, 6.07) is 0. The van der Waals surface area contributed by atoms with Gasteiger partial charge in [0, 0.05) is 20.2 Å². The van der Waals surface area contributed by atoms with Crippen LogP contribution in [0, 0.1) is 0 Å². The zero-order chi connectivity index (χ0) is 9.31. The van der Waals surface area contributed by atoms with E-state index >= 15 is 0 Å². The maximum absolute atomic E-state index is 5.37. The summed E-state index contributed by atoms with van der Waals surface area (Å²) < 4.78 is 5.37. The number of guanidine groups is 1. The Kier molecular flexibility index (Phi) is 2.15. The lowest BCUT2D eigenvalue weighted by atomic mass is 9.97. The molecular weight excluding hydrogens is 166 g/mol. The van der Waals surface area contributed by atoms with Crippen molar-refractivity contribution in [3.05, 3.63) is 0 Å². The second-order valence-corrected chi connectivity index (χ2v) is 4.00. The van der Waals surface area contributed by atoms with Gasteiger partial charge >= 0.3 is 0 Å². The van der Waals surface area contributed by atoms with Crippen LogP contribution < -0.4 is 5.32 Å². The third-order valence-corrected chi connectivity index (χ3v) is 2.72. The first-order valence-electron chi connectivity index (χ1n) is 4.82. The molecule has 13 heavy (non-hydrogen) atoms. The van der Waals surface area contributed by atoms with E-state index in [1.807, 2.05) is 0 Å². The third kappa shape index (κ3) is 1.63. The van der Waals surface area contributed by atoms with E-state index in [2.05, 4.69) is 22.1 Å². The van der Waals surface area contributed by atoms with Crippen LogP contribution in [0.1, 0.15) is 13.3 Å². The van der Waals surface area contributed by atoms with E-state index in [9.17, 15) is 0 Å². The number of hydrogen-bond acceptors (Lipinski definition) is 4. The Balaban J connectivity index is 1.88. The summed E-state index contributed by atoms with van der Waals surface area (Å²) in [6.45, 7) is 6.05. The van der Waals surface area contributed by atoms with Crippen LogP contribution in [0.25, 0.3) is 0 Å². The molecule has 0 amide bonds. The quantitative estimate of drug-likeness (QED) is 0.624. The second-order valence-electron chi connectivity index (χ2n) is 4.00. The lowest BCUT2D eigenvalue weighted by Gasteiger charge is -2.48. The summed E-state index contributed by atoms with van der Waals surface area (Å²) in [6.07, 6.45) is 1.15. The van der Waals surface area contributed by atoms with Gasteiger partial charge in [-0.15, -0.1) is 0 Å². The first kappa shape index (κ1) is 8.81. The number of ether oxygens (including phenoxy) is 1. The fourth-order valence-electron chi connectivity index (χ4n) is 1.77. The van der Waals surface area contributed by atoms with Crippen molar-refractivity contribution in [1.29, 1.82) is 0 Å². The number of hydrogen-bond donors (Lipinski definition) is 1. The molecule has 0 spiro atoms. The van der Waals surface area contributed by atoms with E-state index < -0.39 is 0 Å². The van der Waals surface area contributed by atoms with Gasteiger partial charge in [-0.05, 0) is 13.3 Å². The molecule has 2 rings (SSSR count). The van der Waals surface area contributed by atoms with Crippen molar-refractivity contribution in [2.75, 3.05) is 33.3 Å². The number of nitrogens with one attached hydrogen (secondary N) is 1. The predicted octanol–water partition coefficient (Wildman–Crippen LogP) is 0.0564. The predicted molar refractivity (Wildman–Crippen MR) is 51.9 cm³/mol. The van der Waals surface area contributed by atoms with Gasteiger partial charge in [-0.25, -0.2) is 0 Å². The van der Waals surface area contributed by atoms with Crippen LogP contribution in [0.4, 0.5) is 0 Å². The monoisotopic (exact) mass is 183 g/mol. The molecule has 2 aliphatic heterocycles. The van der Waals surface area contributed by atoms with Gasteiger partial charge in [0.05, 0.1) is 13.1 Å². The Labute approximate surface area is 79.0 Å². The van der Waals surface area contributed by atoms with E-state index in [0.717, 1.165) is 38.6 Å². The zero-order valence-corrected chi connectivity index (χ0v) is 8.34. The molecule has 0 aromatic carbocycles. The number of rotatable bonds is 1. The number of likely N-dealkylation sites (tertiary alicyclic amines) is 1. The smallest absolute Gasteiger partial charge is 0.194 e. The Morgan fingerprint density at radius 3 is 2.85 bits per heavy atom. The SMILES string of the molecule is COC1(C)CN(C2=NCCCN2)C1. The van der Waals surface area contributed by atoms with Crippen molar-refractivity contribution in [1.82, 2.24) is 10.2 Å². The Bertz CT molecular complexity index is 221. The van der Waals surface area contributed by atoms with Crippen LogP contribution in [0.2, 0.25) is 0 Å². The van der Waals surface area contributed by atoms with Crippen molar-refractivity contribution in [2.45, 2.75) is 18.9 Å². The average molecular weight is 183 g/mol. The highest BCUT2D eigenvalue weighted by atomic mass is 16.5. The molecule has 0 unspecified atom stereocenters. The standard InChI is InChI=1S/C9H17N3O/c1-9(13-2)6-12(7-9)8-10-4-3-5-11-8/h3-7H2,1-2H3,(H,10,11). The minimum atomic E-state index is 0.0433. The van der Waals surface area contributed by atoms with Gasteiger partial charge in [0.25, 0.3) is 0 Å². The van der Waals surface area contributed by atoms with Crippen molar-refractivity contribution in [2.24, 2.45) is 4.99 Å². The van der Waals surface area contributed by atoms with Crippen LogP contribution in [-0.2, 0) is 4.74 Å². The lowest BCUT2D eigenvalue weighted by Crippen LogP contribution is -2.65. The molecular formula is C9H17N3O. The number of aliphatic imine (C=N–C) groups is 1. The Hall–Kier alpha value is -0.770. The summed E-state index contributed by atoms with van der Waals surface area (Å²) in [4.78, 5) is 6.67. The Morgan fingerprint density at radius 2 is 2.31 bits per heavy atom. The van der Waals surface area contributed by atoms with Gasteiger partial charge in [-0.1, -0.05) is 0 Å². The highest BCUT2D eigenvalue weighted by molar-refractivity contribution is 5.81. The number of methoxy groups -OCH3 is 1. The van der Waals surface area contributed by atoms with Gasteiger partial charge in [0.2, 0.25) is 0 Å². The minimum absolute atomic E-state index is 0.0433. The molecule has 74 valence electrons. The highest BCUT2D eigenvalue weighted by Gasteiger charge is 2.40. The molecule has 0 aliphatic carbocycles. The fraction of sp³-hybridized carbons (Fsp3) is 0.889. The van der Waals surface area contributed by atoms with Gasteiger partial charge in [0.15, 0.2) is 5.96 Å². The summed E-state index contributed by atoms with van der Waals surface area (Å²) in [7, 11) is 1.77. The molecule has 4 nitrogen and oxygen atoms in total. The van der Waals surface area contributed by atoms with Crippen molar-refractivity contribution in [3.8, 4) is 0 Å². The van der Waals surface area contributed by atoms with E-state index in [-0.39, 0.29) is 5.60 Å². The molecule has 0 aromatic rings. The maximum atomic E-state index is 5.37. The first-order valence-corrected chi connectivity index (χ1v) is 4.82. The van der Waals surface area contributed by atoms with Crippen LogP contribution in [0.3, 0.4) is 0 Å². The zero-order valence-electron chi connectivity index (χ0n) is 8.34. The second kappa shape index (κ2) is 3.18. The minimum Gasteiger partial charge on any atom is -0.375 e. The third-order valence-electron chi connectivity index (χ3n) is 2.72. The Morgan fingerprint density at radius 1 is 1.54 bits per heavy atom. The first-order chi connectivity index (χ1) is 6.23. The average Bonchev–Trinajstić information content (AvgIpc) is 2.14. The molecule has 0 bridgehead atoms. The molecule has 0 saturated carbocycles. The van der Waals surface area contributed by atoms with Crippen molar-refractivity contribution >= 4 is 5.96 Å². The van der Waals surface area contributed by atoms with Gasteiger partial charge in [-0.2, -0.15) is 0 Å². The van der Waals surface area contributed by atoms with Crippen LogP contribution in [-0.4, -0.2) is 49.7 Å². The largest absolute Gasteiger partial charge is 0.375 e. The van der Waals surface area contributed by atoms with Gasteiger partial charge in [0.1, 0.15) is 5.60 Å². The molecule has 1 saturated heterocycles. The topological polar surface area (TPSA) is 36.9 Å². The molecule has 0 aromatic heterocycles. The maximum Gasteiger partial charge on any atom is 0.194 e. The van der Waals surface area contributed by atoms with Gasteiger partial charge in [-0.3, -0.25) is 4.99 Å². The highest BCUT2D eigenvalue weighted by Crippen LogP contribution is 2.23. The molecule has 2 heterocycles. The van der Waals surface area contributed by atoms with Crippen LogP contribution in [0.5, 0.6) is 0 Å². The molecule has 1 N–H and O–H groups in total. The fourth-order valence-corrected chi connectivity index (χ4v) is 1.77. The van der Waals surface area contributed by atoms with Gasteiger partial charge < -0.3 is 15.0 Å². The van der Waals surface area contributed by atoms with Crippen molar-refractivity contribution < 1.29 is 4.74 Å². The molecule has 4 heteroatoms. The van der Waals surface area contributed by atoms with E-state index in [4.69, 9.17) is 4.74 Å².